The molecule has 1 N–H and O–H groups in total. The number of hydrogen-bond donors (Lipinski definition) is 1. The molecule has 0 saturated heterocycles. The summed E-state index contributed by atoms with van der Waals surface area (Å²) < 4.78 is 10.6. The lowest BCUT2D eigenvalue weighted by molar-refractivity contribution is -0.112. The molecule has 0 fully saturated rings. The fourth-order valence-electron chi connectivity index (χ4n) is 3.29. The summed E-state index contributed by atoms with van der Waals surface area (Å²) >= 11 is 7.64. The number of nitriles is 2. The Kier molecular flexibility index (Phi) is 4.95. The standard InChI is InChI=1S/C20H14ClN3O3S/c21-15-7-17-16(26-10-27-17)6-11(15)5-12(8-22)19(25)24-20-14(9-23)13-3-1-2-4-18(13)28-20/h5-7H,1-4,10H2,(H,24,25)/b12-5+. The molecule has 1 aromatic carbocycles. The predicted molar refractivity (Wildman–Crippen MR) is 105 cm³/mol. The van der Waals surface area contributed by atoms with Gasteiger partial charge in [0, 0.05) is 10.9 Å². The SMILES string of the molecule is N#C/C(=C\c1cc2c(cc1Cl)OCO2)C(=O)Nc1sc2c(c1C#N)CCCC2. The molecule has 0 unspecified atom stereocenters. The summed E-state index contributed by atoms with van der Waals surface area (Å²) in [5.41, 5.74) is 1.89. The molecule has 0 atom stereocenters. The molecule has 4 rings (SSSR count). The molecule has 2 aromatic rings. The van der Waals surface area contributed by atoms with Gasteiger partial charge < -0.3 is 14.8 Å². The van der Waals surface area contributed by atoms with E-state index in [9.17, 15) is 15.3 Å². The highest BCUT2D eigenvalue weighted by molar-refractivity contribution is 7.16. The second-order valence-corrected chi connectivity index (χ2v) is 7.89. The zero-order valence-electron chi connectivity index (χ0n) is 14.7. The Morgan fingerprint density at radius 1 is 1.21 bits per heavy atom. The van der Waals surface area contributed by atoms with Crippen LogP contribution in [0.2, 0.25) is 5.02 Å². The molecule has 28 heavy (non-hydrogen) atoms. The van der Waals surface area contributed by atoms with Gasteiger partial charge in [-0.3, -0.25) is 4.79 Å². The van der Waals surface area contributed by atoms with Gasteiger partial charge in [-0.2, -0.15) is 10.5 Å². The number of amides is 1. The smallest absolute Gasteiger partial charge is 0.266 e. The van der Waals surface area contributed by atoms with Crippen LogP contribution in [0, 0.1) is 22.7 Å². The third-order valence-corrected chi connectivity index (χ3v) is 6.20. The van der Waals surface area contributed by atoms with Crippen molar-refractivity contribution in [2.24, 2.45) is 0 Å². The lowest BCUT2D eigenvalue weighted by Crippen LogP contribution is -2.13. The monoisotopic (exact) mass is 411 g/mol. The predicted octanol–water partition coefficient (Wildman–Crippen LogP) is 4.43. The summed E-state index contributed by atoms with van der Waals surface area (Å²) in [5.74, 6) is 0.449. The normalized spacial score (nSPS) is 14.8. The Labute approximate surface area is 170 Å². The van der Waals surface area contributed by atoms with Gasteiger partial charge in [0.1, 0.15) is 22.7 Å². The van der Waals surface area contributed by atoms with Gasteiger partial charge in [0.15, 0.2) is 11.5 Å². The van der Waals surface area contributed by atoms with Crippen molar-refractivity contribution in [3.8, 4) is 23.6 Å². The van der Waals surface area contributed by atoms with E-state index in [1.807, 2.05) is 6.07 Å². The maximum absolute atomic E-state index is 12.7. The van der Waals surface area contributed by atoms with E-state index < -0.39 is 5.91 Å². The van der Waals surface area contributed by atoms with Crippen molar-refractivity contribution < 1.29 is 14.3 Å². The minimum atomic E-state index is -0.577. The summed E-state index contributed by atoms with van der Waals surface area (Å²) in [6.45, 7) is 0.102. The first kappa shape index (κ1) is 18.4. The highest BCUT2D eigenvalue weighted by Gasteiger charge is 2.23. The van der Waals surface area contributed by atoms with Crippen LogP contribution in [0.5, 0.6) is 11.5 Å². The number of anilines is 1. The van der Waals surface area contributed by atoms with Gasteiger partial charge in [-0.05, 0) is 49.0 Å². The van der Waals surface area contributed by atoms with E-state index in [0.717, 1.165) is 36.1 Å². The van der Waals surface area contributed by atoms with E-state index in [1.165, 1.54) is 17.4 Å². The van der Waals surface area contributed by atoms with Gasteiger partial charge in [0.25, 0.3) is 5.91 Å². The van der Waals surface area contributed by atoms with E-state index in [4.69, 9.17) is 21.1 Å². The van der Waals surface area contributed by atoms with Crippen LogP contribution in [-0.2, 0) is 17.6 Å². The number of benzene rings is 1. The molecular formula is C20H14ClN3O3S. The van der Waals surface area contributed by atoms with Crippen molar-refractivity contribution in [3.63, 3.8) is 0 Å². The average Bonchev–Trinajstić information content (AvgIpc) is 3.28. The Morgan fingerprint density at radius 2 is 1.96 bits per heavy atom. The maximum atomic E-state index is 12.7. The fraction of sp³-hybridized carbons (Fsp3) is 0.250. The molecule has 2 aliphatic rings. The Balaban J connectivity index is 1.63. The van der Waals surface area contributed by atoms with Crippen molar-refractivity contribution in [2.75, 3.05) is 12.1 Å². The quantitative estimate of drug-likeness (QED) is 0.595. The van der Waals surface area contributed by atoms with Crippen molar-refractivity contribution in [2.45, 2.75) is 25.7 Å². The van der Waals surface area contributed by atoms with E-state index in [0.29, 0.717) is 32.6 Å². The zero-order valence-corrected chi connectivity index (χ0v) is 16.2. The summed E-state index contributed by atoms with van der Waals surface area (Å²) in [5, 5.41) is 22.6. The summed E-state index contributed by atoms with van der Waals surface area (Å²) in [4.78, 5) is 13.8. The van der Waals surface area contributed by atoms with Gasteiger partial charge >= 0.3 is 0 Å². The average molecular weight is 412 g/mol. The molecule has 6 nitrogen and oxygen atoms in total. The molecule has 2 heterocycles. The number of hydrogen-bond acceptors (Lipinski definition) is 6. The number of thiophene rings is 1. The summed E-state index contributed by atoms with van der Waals surface area (Å²) in [6.07, 6.45) is 5.28. The topological polar surface area (TPSA) is 95.1 Å². The number of aryl methyl sites for hydroxylation is 1. The molecular weight excluding hydrogens is 398 g/mol. The number of ether oxygens (including phenoxy) is 2. The molecule has 1 aliphatic carbocycles. The molecule has 1 aliphatic heterocycles. The van der Waals surface area contributed by atoms with Gasteiger partial charge in [0.05, 0.1) is 10.6 Å². The first-order valence-electron chi connectivity index (χ1n) is 8.67. The lowest BCUT2D eigenvalue weighted by Gasteiger charge is -2.09. The van der Waals surface area contributed by atoms with Crippen LogP contribution in [0.3, 0.4) is 0 Å². The number of nitrogens with zero attached hydrogens (tertiary/aromatic N) is 2. The molecule has 1 aromatic heterocycles. The molecule has 0 radical (unpaired) electrons. The minimum Gasteiger partial charge on any atom is -0.454 e. The minimum absolute atomic E-state index is 0.102. The second-order valence-electron chi connectivity index (χ2n) is 6.38. The first-order chi connectivity index (χ1) is 13.6. The molecule has 0 bridgehead atoms. The number of carbonyl (C=O) groups is 1. The van der Waals surface area contributed by atoms with Crippen molar-refractivity contribution in [1.82, 2.24) is 0 Å². The van der Waals surface area contributed by atoms with Crippen LogP contribution < -0.4 is 14.8 Å². The van der Waals surface area contributed by atoms with Crippen molar-refractivity contribution >= 4 is 39.9 Å². The highest BCUT2D eigenvalue weighted by Crippen LogP contribution is 2.39. The number of fused-ring (bicyclic) bond motifs is 2. The van der Waals surface area contributed by atoms with E-state index in [1.54, 1.807) is 12.1 Å². The molecule has 0 saturated carbocycles. The van der Waals surface area contributed by atoms with Gasteiger partial charge in [-0.25, -0.2) is 0 Å². The fourth-order valence-corrected chi connectivity index (χ4v) is 4.73. The molecule has 0 spiro atoms. The number of nitrogens with one attached hydrogen (secondary N) is 1. The lowest BCUT2D eigenvalue weighted by atomic mass is 9.96. The van der Waals surface area contributed by atoms with Crippen molar-refractivity contribution in [1.29, 1.82) is 10.5 Å². The Bertz CT molecular complexity index is 1090. The van der Waals surface area contributed by atoms with Crippen LogP contribution >= 0.6 is 22.9 Å². The van der Waals surface area contributed by atoms with Crippen LogP contribution in [-0.4, -0.2) is 12.7 Å². The van der Waals surface area contributed by atoms with Gasteiger partial charge in [-0.1, -0.05) is 11.6 Å². The van der Waals surface area contributed by atoms with E-state index >= 15 is 0 Å². The number of carbonyl (C=O) groups excluding carboxylic acids is 1. The van der Waals surface area contributed by atoms with Gasteiger partial charge in [-0.15, -0.1) is 11.3 Å². The molecule has 8 heteroatoms. The van der Waals surface area contributed by atoms with Crippen molar-refractivity contribution in [3.05, 3.63) is 44.3 Å². The third kappa shape index (κ3) is 3.31. The molecule has 140 valence electrons. The Hall–Kier alpha value is -3.00. The highest BCUT2D eigenvalue weighted by atomic mass is 35.5. The third-order valence-electron chi connectivity index (χ3n) is 4.67. The summed E-state index contributed by atoms with van der Waals surface area (Å²) in [6, 6.07) is 7.31. The van der Waals surface area contributed by atoms with Crippen LogP contribution in [0.4, 0.5) is 5.00 Å². The Morgan fingerprint density at radius 3 is 2.71 bits per heavy atom. The maximum Gasteiger partial charge on any atom is 0.266 e. The summed E-state index contributed by atoms with van der Waals surface area (Å²) in [7, 11) is 0. The van der Waals surface area contributed by atoms with E-state index in [-0.39, 0.29) is 12.4 Å². The van der Waals surface area contributed by atoms with Crippen LogP contribution in [0.15, 0.2) is 17.7 Å². The number of rotatable bonds is 3. The zero-order chi connectivity index (χ0) is 19.7. The van der Waals surface area contributed by atoms with Crippen LogP contribution in [0.25, 0.3) is 6.08 Å². The second kappa shape index (κ2) is 7.55. The molecule has 1 amide bonds. The first-order valence-corrected chi connectivity index (χ1v) is 9.87. The number of halogens is 1. The van der Waals surface area contributed by atoms with E-state index in [2.05, 4.69) is 11.4 Å². The van der Waals surface area contributed by atoms with Crippen LogP contribution in [0.1, 0.15) is 34.4 Å². The van der Waals surface area contributed by atoms with Gasteiger partial charge in [0.2, 0.25) is 6.79 Å². The largest absolute Gasteiger partial charge is 0.454 e.